The number of carbonyl (C=O) groups excluding carboxylic acids is 1. The molecule has 2 aliphatic rings. The van der Waals surface area contributed by atoms with E-state index in [1.807, 2.05) is 17.8 Å². The lowest BCUT2D eigenvalue weighted by molar-refractivity contribution is 0.251. The fourth-order valence-corrected chi connectivity index (χ4v) is 3.28. The molecule has 2 fully saturated rings. The Balaban J connectivity index is 1.65. The molecule has 2 N–H and O–H groups in total. The minimum Gasteiger partial charge on any atom is -0.370 e. The number of hydrogen-bond donors (Lipinski definition) is 2. The zero-order valence-corrected chi connectivity index (χ0v) is 12.6. The van der Waals surface area contributed by atoms with E-state index in [-0.39, 0.29) is 6.03 Å². The van der Waals surface area contributed by atoms with E-state index >= 15 is 0 Å². The van der Waals surface area contributed by atoms with E-state index in [1.54, 1.807) is 0 Å². The summed E-state index contributed by atoms with van der Waals surface area (Å²) in [6, 6.07) is 6.59. The minimum absolute atomic E-state index is 0.0854. The zero-order chi connectivity index (χ0) is 13.9. The predicted molar refractivity (Wildman–Crippen MR) is 85.9 cm³/mol. The van der Waals surface area contributed by atoms with Gasteiger partial charge in [-0.15, -0.1) is 0 Å². The minimum atomic E-state index is -0.0854. The molecule has 20 heavy (non-hydrogen) atoms. The molecule has 1 saturated carbocycles. The highest BCUT2D eigenvalue weighted by atomic mass is 32.2. The van der Waals surface area contributed by atoms with Crippen LogP contribution in [0, 0.1) is 6.92 Å². The average molecular weight is 291 g/mol. The first kappa shape index (κ1) is 13.6. The number of amides is 2. The summed E-state index contributed by atoms with van der Waals surface area (Å²) in [6.07, 6.45) is 2.22. The summed E-state index contributed by atoms with van der Waals surface area (Å²) in [5.74, 6) is 2.39. The van der Waals surface area contributed by atoms with Crippen LogP contribution in [0.2, 0.25) is 0 Å². The van der Waals surface area contributed by atoms with Crippen molar-refractivity contribution in [2.24, 2.45) is 0 Å². The highest BCUT2D eigenvalue weighted by Gasteiger charge is 2.23. The largest absolute Gasteiger partial charge is 0.370 e. The maximum atomic E-state index is 11.8. The van der Waals surface area contributed by atoms with Gasteiger partial charge in [0, 0.05) is 42.0 Å². The summed E-state index contributed by atoms with van der Waals surface area (Å²) in [5, 5.41) is 5.88. The van der Waals surface area contributed by atoms with Crippen molar-refractivity contribution in [3.05, 3.63) is 23.8 Å². The van der Waals surface area contributed by atoms with Crippen LogP contribution in [0.1, 0.15) is 18.4 Å². The number of carbonyl (C=O) groups is 1. The predicted octanol–water partition coefficient (Wildman–Crippen LogP) is 2.83. The molecule has 0 bridgehead atoms. The van der Waals surface area contributed by atoms with Gasteiger partial charge in [0.2, 0.25) is 0 Å². The van der Waals surface area contributed by atoms with Gasteiger partial charge in [0.1, 0.15) is 0 Å². The van der Waals surface area contributed by atoms with Gasteiger partial charge in [-0.25, -0.2) is 4.79 Å². The van der Waals surface area contributed by atoms with Crippen LogP contribution in [0.3, 0.4) is 0 Å². The summed E-state index contributed by atoms with van der Waals surface area (Å²) in [4.78, 5) is 14.2. The van der Waals surface area contributed by atoms with Crippen molar-refractivity contribution in [1.29, 1.82) is 0 Å². The maximum Gasteiger partial charge on any atom is 0.319 e. The van der Waals surface area contributed by atoms with Crippen LogP contribution in [-0.2, 0) is 0 Å². The first-order chi connectivity index (χ1) is 9.72. The fourth-order valence-electron chi connectivity index (χ4n) is 2.38. The van der Waals surface area contributed by atoms with Crippen molar-refractivity contribution in [2.75, 3.05) is 34.8 Å². The van der Waals surface area contributed by atoms with Gasteiger partial charge in [0.25, 0.3) is 0 Å². The summed E-state index contributed by atoms with van der Waals surface area (Å²) in [7, 11) is 0. The van der Waals surface area contributed by atoms with Crippen LogP contribution in [0.4, 0.5) is 16.2 Å². The van der Waals surface area contributed by atoms with Gasteiger partial charge in [0.15, 0.2) is 0 Å². The third-order valence-electron chi connectivity index (χ3n) is 3.75. The van der Waals surface area contributed by atoms with E-state index in [2.05, 4.69) is 34.6 Å². The smallest absolute Gasteiger partial charge is 0.319 e. The third-order valence-corrected chi connectivity index (χ3v) is 4.69. The van der Waals surface area contributed by atoms with Gasteiger partial charge in [-0.1, -0.05) is 0 Å². The molecule has 1 aliphatic heterocycles. The Hall–Kier alpha value is -1.36. The average Bonchev–Trinajstić information content (AvgIpc) is 3.26. The van der Waals surface area contributed by atoms with Crippen molar-refractivity contribution < 1.29 is 4.79 Å². The number of thioether (sulfide) groups is 1. The Morgan fingerprint density at radius 2 is 2.05 bits per heavy atom. The normalized spacial score (nSPS) is 18.8. The van der Waals surface area contributed by atoms with Crippen LogP contribution < -0.4 is 15.5 Å². The molecule has 1 saturated heterocycles. The van der Waals surface area contributed by atoms with Gasteiger partial charge in [-0.2, -0.15) is 11.8 Å². The lowest BCUT2D eigenvalue weighted by atomic mass is 10.1. The fraction of sp³-hybridized carbons (Fsp3) is 0.533. The molecule has 0 radical (unpaired) electrons. The Labute approximate surface area is 124 Å². The molecular formula is C15H21N3OS. The molecule has 1 aromatic carbocycles. The number of hydrogen-bond acceptors (Lipinski definition) is 3. The van der Waals surface area contributed by atoms with Crippen LogP contribution in [0.15, 0.2) is 18.2 Å². The molecule has 1 aromatic rings. The standard InChI is InChI=1S/C15H21N3OS/c1-11-10-13(18-6-8-20-9-7-18)4-5-14(11)17-15(19)16-12-2-3-12/h4-5,10,12H,2-3,6-9H2,1H3,(H2,16,17,19). The monoisotopic (exact) mass is 291 g/mol. The topological polar surface area (TPSA) is 44.4 Å². The lowest BCUT2D eigenvalue weighted by Crippen LogP contribution is -2.32. The van der Waals surface area contributed by atoms with Crippen molar-refractivity contribution in [3.8, 4) is 0 Å². The Morgan fingerprint density at radius 1 is 1.30 bits per heavy atom. The summed E-state index contributed by atoms with van der Waals surface area (Å²) in [6.45, 7) is 4.27. The van der Waals surface area contributed by atoms with Crippen LogP contribution in [0.5, 0.6) is 0 Å². The molecule has 1 heterocycles. The second-order valence-corrected chi connectivity index (χ2v) is 6.70. The first-order valence-corrected chi connectivity index (χ1v) is 8.39. The van der Waals surface area contributed by atoms with Crippen molar-refractivity contribution in [2.45, 2.75) is 25.8 Å². The number of urea groups is 1. The van der Waals surface area contributed by atoms with E-state index in [0.717, 1.165) is 37.2 Å². The second kappa shape index (κ2) is 5.95. The van der Waals surface area contributed by atoms with E-state index in [0.29, 0.717) is 6.04 Å². The van der Waals surface area contributed by atoms with Gasteiger partial charge in [-0.05, 0) is 43.5 Å². The molecule has 0 atom stereocenters. The molecule has 108 valence electrons. The zero-order valence-electron chi connectivity index (χ0n) is 11.8. The molecule has 2 amide bonds. The quantitative estimate of drug-likeness (QED) is 0.900. The molecule has 4 nitrogen and oxygen atoms in total. The molecular weight excluding hydrogens is 270 g/mol. The highest BCUT2D eigenvalue weighted by molar-refractivity contribution is 7.99. The van der Waals surface area contributed by atoms with Gasteiger partial charge < -0.3 is 15.5 Å². The number of aryl methyl sites for hydroxylation is 1. The Morgan fingerprint density at radius 3 is 2.70 bits per heavy atom. The van der Waals surface area contributed by atoms with Crippen molar-refractivity contribution in [1.82, 2.24) is 5.32 Å². The number of nitrogens with zero attached hydrogens (tertiary/aromatic N) is 1. The summed E-state index contributed by atoms with van der Waals surface area (Å²) in [5.41, 5.74) is 3.28. The Bertz CT molecular complexity index is 496. The van der Waals surface area contributed by atoms with E-state index < -0.39 is 0 Å². The van der Waals surface area contributed by atoms with Gasteiger partial charge >= 0.3 is 6.03 Å². The maximum absolute atomic E-state index is 11.8. The van der Waals surface area contributed by atoms with Crippen LogP contribution in [0.25, 0.3) is 0 Å². The second-order valence-electron chi connectivity index (χ2n) is 5.47. The highest BCUT2D eigenvalue weighted by Crippen LogP contribution is 2.25. The third kappa shape index (κ3) is 3.39. The van der Waals surface area contributed by atoms with Gasteiger partial charge in [0.05, 0.1) is 0 Å². The van der Waals surface area contributed by atoms with E-state index in [9.17, 15) is 4.79 Å². The van der Waals surface area contributed by atoms with E-state index in [1.165, 1.54) is 17.2 Å². The molecule has 0 unspecified atom stereocenters. The number of rotatable bonds is 3. The van der Waals surface area contributed by atoms with Gasteiger partial charge in [-0.3, -0.25) is 0 Å². The molecule has 0 aromatic heterocycles. The number of anilines is 2. The molecule has 1 aliphatic carbocycles. The van der Waals surface area contributed by atoms with Crippen molar-refractivity contribution >= 4 is 29.2 Å². The van der Waals surface area contributed by atoms with E-state index in [4.69, 9.17) is 0 Å². The number of nitrogens with one attached hydrogen (secondary N) is 2. The van der Waals surface area contributed by atoms with Crippen LogP contribution in [-0.4, -0.2) is 36.7 Å². The molecule has 0 spiro atoms. The number of benzene rings is 1. The Kier molecular flexibility index (Phi) is 4.05. The van der Waals surface area contributed by atoms with Crippen molar-refractivity contribution in [3.63, 3.8) is 0 Å². The summed E-state index contributed by atoms with van der Waals surface area (Å²) >= 11 is 2.01. The SMILES string of the molecule is Cc1cc(N2CCSCC2)ccc1NC(=O)NC1CC1. The lowest BCUT2D eigenvalue weighted by Gasteiger charge is -2.29. The molecule has 3 rings (SSSR count). The molecule has 5 heteroatoms. The summed E-state index contributed by atoms with van der Waals surface area (Å²) < 4.78 is 0. The van der Waals surface area contributed by atoms with Crippen LogP contribution >= 0.6 is 11.8 Å². The first-order valence-electron chi connectivity index (χ1n) is 7.23.